The molecule has 2 fully saturated rings. The minimum atomic E-state index is -0.477. The third-order valence-electron chi connectivity index (χ3n) is 6.73. The van der Waals surface area contributed by atoms with Gasteiger partial charge in [-0.1, -0.05) is 23.2 Å². The summed E-state index contributed by atoms with van der Waals surface area (Å²) in [5.41, 5.74) is 1.11. The summed E-state index contributed by atoms with van der Waals surface area (Å²) < 4.78 is 0. The number of fused-ring (bicyclic) bond motifs is 1. The van der Waals surface area contributed by atoms with Gasteiger partial charge in [0.2, 0.25) is 0 Å². The van der Waals surface area contributed by atoms with Crippen molar-refractivity contribution in [1.29, 1.82) is 0 Å². The second-order valence-electron chi connectivity index (χ2n) is 8.95. The molecule has 0 radical (unpaired) electrons. The van der Waals surface area contributed by atoms with Crippen molar-refractivity contribution in [2.75, 3.05) is 31.1 Å². The molecule has 1 amide bonds. The van der Waals surface area contributed by atoms with Crippen molar-refractivity contribution in [1.82, 2.24) is 20.2 Å². The monoisotopic (exact) mass is 499 g/mol. The van der Waals surface area contributed by atoms with Crippen LogP contribution in [0.5, 0.6) is 5.75 Å². The average Bonchev–Trinajstić information content (AvgIpc) is 3.38. The largest absolute Gasteiger partial charge is 0.504 e. The Balaban J connectivity index is 1.39. The van der Waals surface area contributed by atoms with E-state index in [1.165, 1.54) is 25.9 Å². The van der Waals surface area contributed by atoms with Crippen LogP contribution in [0.3, 0.4) is 0 Å². The number of hydrogen-bond acceptors (Lipinski definition) is 6. The molecule has 0 spiro atoms. The van der Waals surface area contributed by atoms with E-state index >= 15 is 0 Å². The quantitative estimate of drug-likeness (QED) is 0.532. The van der Waals surface area contributed by atoms with Crippen molar-refractivity contribution < 1.29 is 9.90 Å². The number of nitrogens with zero attached hydrogens (tertiary/aromatic N) is 4. The van der Waals surface area contributed by atoms with Gasteiger partial charge < -0.3 is 20.2 Å². The molecule has 1 aromatic carbocycles. The van der Waals surface area contributed by atoms with Crippen LogP contribution in [0.2, 0.25) is 10.0 Å². The van der Waals surface area contributed by atoms with Crippen LogP contribution in [0.15, 0.2) is 36.5 Å². The predicted octanol–water partition coefficient (Wildman–Crippen LogP) is 4.64. The molecule has 2 aliphatic heterocycles. The molecule has 5 rings (SSSR count). The molecule has 0 saturated carbocycles. The smallest absolute Gasteiger partial charge is 0.274 e. The second-order valence-corrected chi connectivity index (χ2v) is 9.83. The fraction of sp³-hybridized carbons (Fsp3) is 0.400. The first-order chi connectivity index (χ1) is 16.5. The molecule has 34 heavy (non-hydrogen) atoms. The number of piperidine rings is 1. The van der Waals surface area contributed by atoms with Gasteiger partial charge in [0.25, 0.3) is 5.91 Å². The van der Waals surface area contributed by atoms with Crippen molar-refractivity contribution in [3.05, 3.63) is 57.8 Å². The minimum Gasteiger partial charge on any atom is -0.504 e. The molecule has 0 bridgehead atoms. The van der Waals surface area contributed by atoms with Crippen molar-refractivity contribution in [2.24, 2.45) is 0 Å². The van der Waals surface area contributed by atoms with E-state index in [2.05, 4.69) is 25.1 Å². The molecule has 3 aromatic rings. The summed E-state index contributed by atoms with van der Waals surface area (Å²) in [7, 11) is 0. The number of aromatic hydroxyl groups is 1. The van der Waals surface area contributed by atoms with E-state index in [4.69, 9.17) is 23.2 Å². The molecule has 4 heterocycles. The van der Waals surface area contributed by atoms with Gasteiger partial charge in [0.15, 0.2) is 11.4 Å². The van der Waals surface area contributed by atoms with Gasteiger partial charge in [-0.2, -0.15) is 0 Å². The molecule has 0 aliphatic carbocycles. The SMILES string of the molecule is O=C(NCc1cc(Cl)cc(Cl)c1)c1nc(N2CCC(N3CCCC3)CC2)c2cccnc2c1O. The lowest BCUT2D eigenvalue weighted by atomic mass is 10.0. The van der Waals surface area contributed by atoms with Gasteiger partial charge >= 0.3 is 0 Å². The van der Waals surface area contributed by atoms with Gasteiger partial charge in [0.1, 0.15) is 11.3 Å². The third-order valence-corrected chi connectivity index (χ3v) is 7.16. The fourth-order valence-electron chi connectivity index (χ4n) is 5.03. The van der Waals surface area contributed by atoms with Crippen molar-refractivity contribution in [2.45, 2.75) is 38.3 Å². The maximum absolute atomic E-state index is 13.1. The number of rotatable bonds is 5. The van der Waals surface area contributed by atoms with Crippen LogP contribution >= 0.6 is 23.2 Å². The topological polar surface area (TPSA) is 81.6 Å². The summed E-state index contributed by atoms with van der Waals surface area (Å²) in [6, 6.07) is 9.43. The highest BCUT2D eigenvalue weighted by Crippen LogP contribution is 2.34. The van der Waals surface area contributed by atoms with Crippen molar-refractivity contribution in [3.8, 4) is 5.75 Å². The number of pyridine rings is 2. The number of amides is 1. The van der Waals surface area contributed by atoms with Gasteiger partial charge in [-0.05, 0) is 74.7 Å². The molecular weight excluding hydrogens is 473 g/mol. The Hall–Kier alpha value is -2.61. The summed E-state index contributed by atoms with van der Waals surface area (Å²) in [4.78, 5) is 26.9. The summed E-state index contributed by atoms with van der Waals surface area (Å²) in [6.45, 7) is 4.29. The minimum absolute atomic E-state index is 0.0315. The highest BCUT2D eigenvalue weighted by Gasteiger charge is 2.29. The number of carbonyl (C=O) groups is 1. The standard InChI is InChI=1S/C25H27Cl2N5O2/c26-17-12-16(13-18(27)14-17)15-29-25(34)22-23(33)21-20(4-3-7-28-21)24(30-22)32-10-5-19(6-11-32)31-8-1-2-9-31/h3-4,7,12-14,19,33H,1-2,5-6,8-11,15H2,(H,29,34). The Kier molecular flexibility index (Phi) is 6.77. The van der Waals surface area contributed by atoms with E-state index in [-0.39, 0.29) is 18.0 Å². The van der Waals surface area contributed by atoms with E-state index in [9.17, 15) is 9.90 Å². The Morgan fingerprint density at radius 3 is 2.50 bits per heavy atom. The number of aromatic nitrogens is 2. The highest BCUT2D eigenvalue weighted by atomic mass is 35.5. The predicted molar refractivity (Wildman–Crippen MR) is 135 cm³/mol. The Morgan fingerprint density at radius 2 is 1.79 bits per heavy atom. The van der Waals surface area contributed by atoms with Gasteiger partial charge in [-0.3, -0.25) is 9.78 Å². The molecule has 178 valence electrons. The zero-order chi connectivity index (χ0) is 23.7. The van der Waals surface area contributed by atoms with Gasteiger partial charge in [-0.25, -0.2) is 4.98 Å². The lowest BCUT2D eigenvalue weighted by molar-refractivity contribution is 0.0943. The molecule has 0 unspecified atom stereocenters. The van der Waals surface area contributed by atoms with E-state index in [0.717, 1.165) is 36.9 Å². The lowest BCUT2D eigenvalue weighted by Crippen LogP contribution is -2.44. The normalized spacial score (nSPS) is 17.4. The first kappa shape index (κ1) is 23.1. The first-order valence-electron chi connectivity index (χ1n) is 11.7. The third kappa shape index (κ3) is 4.78. The van der Waals surface area contributed by atoms with E-state index in [0.29, 0.717) is 27.4 Å². The molecule has 2 aliphatic rings. The number of carbonyl (C=O) groups excluding carboxylic acids is 1. The number of halogens is 2. The van der Waals surface area contributed by atoms with Crippen LogP contribution in [0, 0.1) is 0 Å². The number of nitrogens with one attached hydrogen (secondary N) is 1. The van der Waals surface area contributed by atoms with Crippen LogP contribution < -0.4 is 10.2 Å². The Morgan fingerprint density at radius 1 is 1.09 bits per heavy atom. The van der Waals surface area contributed by atoms with Crippen molar-refractivity contribution in [3.63, 3.8) is 0 Å². The first-order valence-corrected chi connectivity index (χ1v) is 12.4. The lowest BCUT2D eigenvalue weighted by Gasteiger charge is -2.37. The fourth-order valence-corrected chi connectivity index (χ4v) is 5.60. The average molecular weight is 500 g/mol. The summed E-state index contributed by atoms with van der Waals surface area (Å²) in [5.74, 6) is -0.000921. The van der Waals surface area contributed by atoms with Gasteiger partial charge in [0.05, 0.1) is 0 Å². The summed E-state index contributed by atoms with van der Waals surface area (Å²) >= 11 is 12.1. The maximum Gasteiger partial charge on any atom is 0.274 e. The van der Waals surface area contributed by atoms with Crippen LogP contribution in [0.1, 0.15) is 41.7 Å². The molecule has 9 heteroatoms. The van der Waals surface area contributed by atoms with E-state index in [1.54, 1.807) is 24.4 Å². The van der Waals surface area contributed by atoms with Crippen LogP contribution in [0.4, 0.5) is 5.82 Å². The van der Waals surface area contributed by atoms with Crippen LogP contribution in [-0.4, -0.2) is 58.1 Å². The summed E-state index contributed by atoms with van der Waals surface area (Å²) in [6.07, 6.45) is 6.30. The zero-order valence-corrected chi connectivity index (χ0v) is 20.3. The zero-order valence-electron chi connectivity index (χ0n) is 18.8. The molecule has 2 saturated heterocycles. The molecule has 2 N–H and O–H groups in total. The molecule has 0 atom stereocenters. The highest BCUT2D eigenvalue weighted by molar-refractivity contribution is 6.34. The maximum atomic E-state index is 13.1. The molecular formula is C25H27Cl2N5O2. The van der Waals surface area contributed by atoms with Crippen LogP contribution in [0.25, 0.3) is 10.9 Å². The Labute approximate surface area is 208 Å². The van der Waals surface area contributed by atoms with Gasteiger partial charge in [-0.15, -0.1) is 0 Å². The number of likely N-dealkylation sites (tertiary alicyclic amines) is 1. The summed E-state index contributed by atoms with van der Waals surface area (Å²) in [5, 5.41) is 15.4. The van der Waals surface area contributed by atoms with E-state index in [1.807, 2.05) is 12.1 Å². The van der Waals surface area contributed by atoms with Crippen LogP contribution in [-0.2, 0) is 6.54 Å². The molecule has 7 nitrogen and oxygen atoms in total. The number of hydrogen-bond donors (Lipinski definition) is 2. The van der Waals surface area contributed by atoms with Gasteiger partial charge in [0, 0.05) is 47.3 Å². The number of anilines is 1. The van der Waals surface area contributed by atoms with Crippen molar-refractivity contribution >= 4 is 45.8 Å². The van der Waals surface area contributed by atoms with E-state index < -0.39 is 5.91 Å². The number of benzene rings is 1. The second kappa shape index (κ2) is 9.94. The Bertz CT molecular complexity index is 1190. The molecule has 2 aromatic heterocycles.